The average molecular weight is 494 g/mol. The molecule has 0 saturated heterocycles. The summed E-state index contributed by atoms with van der Waals surface area (Å²) in [5.41, 5.74) is 2.97. The SMILES string of the molecule is CCOC(=O)c1c(C)n(-c2ccc(OCC)cc2)c2ccc(OC(C)C(=O)OC3CCCCC3)cc12. The van der Waals surface area contributed by atoms with Crippen molar-refractivity contribution in [2.75, 3.05) is 13.2 Å². The highest BCUT2D eigenvalue weighted by Crippen LogP contribution is 2.33. The standard InChI is InChI=1S/C29H35NO6/c1-5-33-22-14-12-21(13-15-22)30-19(3)27(29(32)34-6-2)25-18-24(16-17-26(25)30)35-20(4)28(31)36-23-10-8-7-9-11-23/h12-18,20,23H,5-11H2,1-4H3. The van der Waals surface area contributed by atoms with Crippen LogP contribution in [0.5, 0.6) is 11.5 Å². The normalized spacial score (nSPS) is 14.9. The smallest absolute Gasteiger partial charge is 0.347 e. The van der Waals surface area contributed by atoms with E-state index in [1.807, 2.05) is 54.8 Å². The van der Waals surface area contributed by atoms with Crippen LogP contribution in [0.4, 0.5) is 0 Å². The second-order valence-electron chi connectivity index (χ2n) is 9.08. The first kappa shape index (κ1) is 25.6. The number of hydrogen-bond donors (Lipinski definition) is 0. The van der Waals surface area contributed by atoms with Gasteiger partial charge in [-0.05, 0) is 95.8 Å². The van der Waals surface area contributed by atoms with Gasteiger partial charge in [-0.2, -0.15) is 0 Å². The van der Waals surface area contributed by atoms with Gasteiger partial charge in [0, 0.05) is 16.8 Å². The lowest BCUT2D eigenvalue weighted by Gasteiger charge is -2.23. The first-order valence-corrected chi connectivity index (χ1v) is 12.9. The van der Waals surface area contributed by atoms with E-state index in [2.05, 4.69) is 0 Å². The Morgan fingerprint density at radius 3 is 2.33 bits per heavy atom. The van der Waals surface area contributed by atoms with Crippen molar-refractivity contribution in [2.24, 2.45) is 0 Å². The third-order valence-electron chi connectivity index (χ3n) is 6.54. The van der Waals surface area contributed by atoms with Crippen molar-refractivity contribution in [3.05, 3.63) is 53.7 Å². The van der Waals surface area contributed by atoms with Gasteiger partial charge in [0.05, 0.1) is 24.3 Å². The number of carbonyl (C=O) groups is 2. The van der Waals surface area contributed by atoms with Gasteiger partial charge < -0.3 is 23.5 Å². The van der Waals surface area contributed by atoms with Crippen LogP contribution in [0, 0.1) is 6.92 Å². The lowest BCUT2D eigenvalue weighted by Crippen LogP contribution is -2.31. The number of aromatic nitrogens is 1. The zero-order chi connectivity index (χ0) is 25.7. The number of benzene rings is 2. The van der Waals surface area contributed by atoms with Crippen molar-refractivity contribution >= 4 is 22.8 Å². The second-order valence-corrected chi connectivity index (χ2v) is 9.08. The molecule has 1 aliphatic rings. The number of hydrogen-bond acceptors (Lipinski definition) is 6. The van der Waals surface area contributed by atoms with Crippen molar-refractivity contribution in [1.82, 2.24) is 4.57 Å². The molecule has 1 atom stereocenters. The second kappa shape index (κ2) is 11.5. The molecule has 0 radical (unpaired) electrons. The van der Waals surface area contributed by atoms with Crippen LogP contribution in [0.3, 0.4) is 0 Å². The van der Waals surface area contributed by atoms with Gasteiger partial charge in [-0.3, -0.25) is 0 Å². The molecule has 192 valence electrons. The largest absolute Gasteiger partial charge is 0.494 e. The summed E-state index contributed by atoms with van der Waals surface area (Å²) in [6, 6.07) is 13.2. The zero-order valence-corrected chi connectivity index (χ0v) is 21.5. The summed E-state index contributed by atoms with van der Waals surface area (Å²) in [5.74, 6) is 0.512. The van der Waals surface area contributed by atoms with Crippen molar-refractivity contribution in [3.63, 3.8) is 0 Å². The molecule has 0 aliphatic heterocycles. The Morgan fingerprint density at radius 2 is 1.67 bits per heavy atom. The number of esters is 2. The fourth-order valence-electron chi connectivity index (χ4n) is 4.82. The molecule has 7 nitrogen and oxygen atoms in total. The number of nitrogens with zero attached hydrogens (tertiary/aromatic N) is 1. The molecule has 0 N–H and O–H groups in total. The van der Waals surface area contributed by atoms with E-state index < -0.39 is 12.1 Å². The molecule has 1 unspecified atom stereocenters. The van der Waals surface area contributed by atoms with Gasteiger partial charge in [0.2, 0.25) is 0 Å². The van der Waals surface area contributed by atoms with E-state index >= 15 is 0 Å². The number of ether oxygens (including phenoxy) is 4. The van der Waals surface area contributed by atoms with Crippen LogP contribution < -0.4 is 9.47 Å². The van der Waals surface area contributed by atoms with Crippen LogP contribution >= 0.6 is 0 Å². The van der Waals surface area contributed by atoms with Crippen LogP contribution in [0.15, 0.2) is 42.5 Å². The fraction of sp³-hybridized carbons (Fsp3) is 0.448. The van der Waals surface area contributed by atoms with Crippen LogP contribution in [0.25, 0.3) is 16.6 Å². The molecule has 3 aromatic rings. The van der Waals surface area contributed by atoms with E-state index in [0.29, 0.717) is 23.3 Å². The minimum atomic E-state index is -0.760. The van der Waals surface area contributed by atoms with E-state index in [4.69, 9.17) is 18.9 Å². The molecule has 1 fully saturated rings. The quantitative estimate of drug-likeness (QED) is 0.333. The van der Waals surface area contributed by atoms with Crippen LogP contribution in [-0.4, -0.2) is 41.9 Å². The van der Waals surface area contributed by atoms with Crippen molar-refractivity contribution < 1.29 is 28.5 Å². The van der Waals surface area contributed by atoms with E-state index in [0.717, 1.165) is 48.3 Å². The summed E-state index contributed by atoms with van der Waals surface area (Å²) in [4.78, 5) is 25.6. The van der Waals surface area contributed by atoms with Gasteiger partial charge in [-0.15, -0.1) is 0 Å². The lowest BCUT2D eigenvalue weighted by molar-refractivity contribution is -0.158. The number of fused-ring (bicyclic) bond motifs is 1. The first-order chi connectivity index (χ1) is 17.4. The summed E-state index contributed by atoms with van der Waals surface area (Å²) in [6.45, 7) is 8.18. The number of rotatable bonds is 9. The molecule has 0 bridgehead atoms. The van der Waals surface area contributed by atoms with Crippen molar-refractivity contribution in [1.29, 1.82) is 0 Å². The highest BCUT2D eigenvalue weighted by atomic mass is 16.6. The van der Waals surface area contributed by atoms with Gasteiger partial charge >= 0.3 is 11.9 Å². The van der Waals surface area contributed by atoms with Gasteiger partial charge in [0.1, 0.15) is 17.6 Å². The summed E-state index contributed by atoms with van der Waals surface area (Å²) in [7, 11) is 0. The fourth-order valence-corrected chi connectivity index (χ4v) is 4.82. The molecule has 0 amide bonds. The molecule has 36 heavy (non-hydrogen) atoms. The first-order valence-electron chi connectivity index (χ1n) is 12.9. The zero-order valence-electron chi connectivity index (χ0n) is 21.5. The van der Waals surface area contributed by atoms with Gasteiger partial charge in [0.15, 0.2) is 6.10 Å². The van der Waals surface area contributed by atoms with Crippen LogP contribution in [-0.2, 0) is 14.3 Å². The molecule has 1 saturated carbocycles. The van der Waals surface area contributed by atoms with E-state index in [1.165, 1.54) is 6.42 Å². The van der Waals surface area contributed by atoms with Gasteiger partial charge in [0.25, 0.3) is 0 Å². The highest BCUT2D eigenvalue weighted by Gasteiger charge is 2.25. The predicted molar refractivity (Wildman–Crippen MR) is 138 cm³/mol. The molecular formula is C29H35NO6. The molecule has 1 heterocycles. The van der Waals surface area contributed by atoms with E-state index in [1.54, 1.807) is 19.9 Å². The molecule has 4 rings (SSSR count). The molecule has 1 aliphatic carbocycles. The Hall–Kier alpha value is -3.48. The lowest BCUT2D eigenvalue weighted by atomic mass is 9.98. The molecule has 7 heteroatoms. The van der Waals surface area contributed by atoms with Crippen molar-refractivity contribution in [2.45, 2.75) is 72.0 Å². The van der Waals surface area contributed by atoms with Crippen molar-refractivity contribution in [3.8, 4) is 17.2 Å². The van der Waals surface area contributed by atoms with E-state index in [9.17, 15) is 9.59 Å². The Balaban J connectivity index is 1.65. The summed E-state index contributed by atoms with van der Waals surface area (Å²) in [6.07, 6.45) is 4.40. The summed E-state index contributed by atoms with van der Waals surface area (Å²) < 4.78 is 24.6. The Kier molecular flexibility index (Phi) is 8.18. The maximum Gasteiger partial charge on any atom is 0.347 e. The third-order valence-corrected chi connectivity index (χ3v) is 6.54. The Morgan fingerprint density at radius 1 is 0.972 bits per heavy atom. The highest BCUT2D eigenvalue weighted by molar-refractivity contribution is 6.07. The maximum absolute atomic E-state index is 13.0. The topological polar surface area (TPSA) is 76.0 Å². The average Bonchev–Trinajstić information content (AvgIpc) is 3.16. The molecule has 2 aromatic carbocycles. The Bertz CT molecular complexity index is 1210. The molecule has 0 spiro atoms. The third kappa shape index (κ3) is 5.50. The predicted octanol–water partition coefficient (Wildman–Crippen LogP) is 6.16. The van der Waals surface area contributed by atoms with Crippen LogP contribution in [0.1, 0.15) is 68.9 Å². The summed E-state index contributed by atoms with van der Waals surface area (Å²) >= 11 is 0. The molecular weight excluding hydrogens is 458 g/mol. The van der Waals surface area contributed by atoms with E-state index in [-0.39, 0.29) is 18.7 Å². The Labute approximate surface area is 212 Å². The monoisotopic (exact) mass is 493 g/mol. The minimum Gasteiger partial charge on any atom is -0.494 e. The van der Waals surface area contributed by atoms with Gasteiger partial charge in [-0.25, -0.2) is 9.59 Å². The minimum absolute atomic E-state index is 0.0269. The van der Waals surface area contributed by atoms with Crippen LogP contribution in [0.2, 0.25) is 0 Å². The van der Waals surface area contributed by atoms with Gasteiger partial charge in [-0.1, -0.05) is 6.42 Å². The number of carbonyl (C=O) groups excluding carboxylic acids is 2. The summed E-state index contributed by atoms with van der Waals surface area (Å²) in [5, 5.41) is 0.699. The maximum atomic E-state index is 13.0. The molecule has 1 aromatic heterocycles.